The van der Waals surface area contributed by atoms with Crippen LogP contribution in [-0.2, 0) is 9.53 Å². The molecule has 1 atom stereocenters. The first-order valence-corrected chi connectivity index (χ1v) is 7.18. The van der Waals surface area contributed by atoms with Crippen LogP contribution >= 0.6 is 0 Å². The zero-order chi connectivity index (χ0) is 14.0. The number of esters is 1. The lowest BCUT2D eigenvalue weighted by atomic mass is 9.95. The van der Waals surface area contributed by atoms with Gasteiger partial charge in [0.15, 0.2) is 0 Å². The average molecular weight is 264 g/mol. The first-order valence-electron chi connectivity index (χ1n) is 7.18. The van der Waals surface area contributed by atoms with E-state index in [-0.39, 0.29) is 17.8 Å². The zero-order valence-corrected chi connectivity index (χ0v) is 12.3. The van der Waals surface area contributed by atoms with E-state index in [4.69, 9.17) is 9.72 Å². The Morgan fingerprint density at radius 1 is 1.37 bits per heavy atom. The normalized spacial score (nSPS) is 17.9. The molecule has 19 heavy (non-hydrogen) atoms. The topological polar surface area (TPSA) is 55.0 Å². The lowest BCUT2D eigenvalue weighted by molar-refractivity contribution is -0.143. The summed E-state index contributed by atoms with van der Waals surface area (Å²) < 4.78 is 4.90. The Labute approximate surface area is 115 Å². The largest absolute Gasteiger partial charge is 0.468 e. The smallest absolute Gasteiger partial charge is 0.316 e. The van der Waals surface area contributed by atoms with Crippen LogP contribution in [0.2, 0.25) is 0 Å². The number of methoxy groups -OCH3 is 1. The van der Waals surface area contributed by atoms with E-state index in [1.54, 1.807) is 0 Å². The highest BCUT2D eigenvalue weighted by molar-refractivity contribution is 5.77. The molecule has 1 aliphatic rings. The summed E-state index contributed by atoms with van der Waals surface area (Å²) in [6, 6.07) is 0. The van der Waals surface area contributed by atoms with E-state index in [0.29, 0.717) is 5.92 Å². The van der Waals surface area contributed by atoms with Crippen LogP contribution < -0.4 is 0 Å². The Morgan fingerprint density at radius 2 is 2.00 bits per heavy atom. The fraction of sp³-hybridized carbons (Fsp3) is 0.733. The molecule has 0 radical (unpaired) electrons. The number of hydrogen-bond donors (Lipinski definition) is 1. The van der Waals surface area contributed by atoms with E-state index in [1.165, 1.54) is 32.8 Å². The molecule has 1 aromatic heterocycles. The minimum atomic E-state index is -0.293. The Bertz CT molecular complexity index is 445. The van der Waals surface area contributed by atoms with Crippen LogP contribution in [0.1, 0.15) is 68.6 Å². The van der Waals surface area contributed by atoms with Gasteiger partial charge in [-0.25, -0.2) is 4.98 Å². The molecule has 1 N–H and O–H groups in total. The third-order valence-electron chi connectivity index (χ3n) is 4.10. The summed E-state index contributed by atoms with van der Waals surface area (Å²) in [5, 5.41) is 0. The summed E-state index contributed by atoms with van der Waals surface area (Å²) in [6.45, 7) is 6.10. The number of aryl methyl sites for hydroxylation is 1. The molecule has 0 aliphatic heterocycles. The zero-order valence-electron chi connectivity index (χ0n) is 12.3. The molecule has 0 bridgehead atoms. The van der Waals surface area contributed by atoms with Crippen LogP contribution in [0.15, 0.2) is 0 Å². The molecule has 0 saturated heterocycles. The summed E-state index contributed by atoms with van der Waals surface area (Å²) in [7, 11) is 1.44. The maximum atomic E-state index is 11.9. The Hall–Kier alpha value is -1.32. The third-order valence-corrected chi connectivity index (χ3v) is 4.10. The molecular weight excluding hydrogens is 240 g/mol. The predicted octanol–water partition coefficient (Wildman–Crippen LogP) is 3.29. The maximum Gasteiger partial charge on any atom is 0.316 e. The molecule has 0 amide bonds. The van der Waals surface area contributed by atoms with E-state index in [2.05, 4.69) is 11.9 Å². The number of carbonyl (C=O) groups is 1. The number of hydrogen-bond acceptors (Lipinski definition) is 3. The lowest BCUT2D eigenvalue weighted by Crippen LogP contribution is -2.21. The van der Waals surface area contributed by atoms with Crippen molar-refractivity contribution < 1.29 is 9.53 Å². The number of rotatable bonds is 4. The SMILES string of the molecule is COC(=O)C(c1nc(C2CCCC2)c(C)[nH]1)C(C)C. The van der Waals surface area contributed by atoms with Gasteiger partial charge < -0.3 is 9.72 Å². The Kier molecular flexibility index (Phi) is 4.27. The van der Waals surface area contributed by atoms with Gasteiger partial charge >= 0.3 is 5.97 Å². The second kappa shape index (κ2) is 5.76. The maximum absolute atomic E-state index is 11.9. The number of aromatic amines is 1. The molecule has 0 spiro atoms. The molecule has 106 valence electrons. The summed E-state index contributed by atoms with van der Waals surface area (Å²) >= 11 is 0. The van der Waals surface area contributed by atoms with E-state index in [0.717, 1.165) is 17.2 Å². The van der Waals surface area contributed by atoms with Crippen molar-refractivity contribution in [3.8, 4) is 0 Å². The molecule has 4 nitrogen and oxygen atoms in total. The van der Waals surface area contributed by atoms with Crippen LogP contribution in [0.5, 0.6) is 0 Å². The summed E-state index contributed by atoms with van der Waals surface area (Å²) in [5.41, 5.74) is 2.26. The van der Waals surface area contributed by atoms with Crippen LogP contribution in [0.25, 0.3) is 0 Å². The number of ether oxygens (including phenoxy) is 1. The van der Waals surface area contributed by atoms with E-state index >= 15 is 0 Å². The number of imidazole rings is 1. The van der Waals surface area contributed by atoms with Gasteiger partial charge in [-0.3, -0.25) is 4.79 Å². The third kappa shape index (κ3) is 2.82. The second-order valence-corrected chi connectivity index (χ2v) is 5.86. The number of aromatic nitrogens is 2. The highest BCUT2D eigenvalue weighted by atomic mass is 16.5. The van der Waals surface area contributed by atoms with Gasteiger partial charge in [-0.1, -0.05) is 26.7 Å². The molecule has 2 rings (SSSR count). The van der Waals surface area contributed by atoms with Gasteiger partial charge in [-0.15, -0.1) is 0 Å². The van der Waals surface area contributed by atoms with Crippen molar-refractivity contribution in [3.05, 3.63) is 17.2 Å². The van der Waals surface area contributed by atoms with Crippen LogP contribution in [0.3, 0.4) is 0 Å². The van der Waals surface area contributed by atoms with Crippen molar-refractivity contribution in [2.24, 2.45) is 5.92 Å². The molecular formula is C15H24N2O2. The van der Waals surface area contributed by atoms with Gasteiger partial charge in [0.2, 0.25) is 0 Å². The van der Waals surface area contributed by atoms with Gasteiger partial charge in [-0.05, 0) is 25.7 Å². The first-order chi connectivity index (χ1) is 9.04. The Balaban J connectivity index is 2.28. The van der Waals surface area contributed by atoms with Gasteiger partial charge in [0, 0.05) is 11.6 Å². The highest BCUT2D eigenvalue weighted by Gasteiger charge is 2.30. The number of nitrogens with zero attached hydrogens (tertiary/aromatic N) is 1. The predicted molar refractivity (Wildman–Crippen MR) is 74.1 cm³/mol. The first kappa shape index (κ1) is 14.1. The number of nitrogens with one attached hydrogen (secondary N) is 1. The van der Waals surface area contributed by atoms with Crippen molar-refractivity contribution in [2.75, 3.05) is 7.11 Å². The van der Waals surface area contributed by atoms with Crippen molar-refractivity contribution in [3.63, 3.8) is 0 Å². The minimum absolute atomic E-state index is 0.175. The second-order valence-electron chi connectivity index (χ2n) is 5.86. The molecule has 1 aromatic rings. The quantitative estimate of drug-likeness (QED) is 0.849. The average Bonchev–Trinajstić information content (AvgIpc) is 2.98. The minimum Gasteiger partial charge on any atom is -0.468 e. The molecule has 4 heteroatoms. The van der Waals surface area contributed by atoms with Gasteiger partial charge in [0.05, 0.1) is 12.8 Å². The highest BCUT2D eigenvalue weighted by Crippen LogP contribution is 2.36. The summed E-state index contributed by atoms with van der Waals surface area (Å²) in [6.07, 6.45) is 5.01. The lowest BCUT2D eigenvalue weighted by Gasteiger charge is -2.15. The fourth-order valence-electron chi connectivity index (χ4n) is 3.07. The number of carbonyl (C=O) groups excluding carboxylic acids is 1. The van der Waals surface area contributed by atoms with Crippen molar-refractivity contribution in [1.29, 1.82) is 0 Å². The molecule has 1 unspecified atom stereocenters. The van der Waals surface area contributed by atoms with Crippen molar-refractivity contribution >= 4 is 5.97 Å². The van der Waals surface area contributed by atoms with E-state index in [1.807, 2.05) is 13.8 Å². The van der Waals surface area contributed by atoms with Gasteiger partial charge in [0.1, 0.15) is 11.7 Å². The van der Waals surface area contributed by atoms with Gasteiger partial charge in [-0.2, -0.15) is 0 Å². The molecule has 1 saturated carbocycles. The van der Waals surface area contributed by atoms with Crippen molar-refractivity contribution in [2.45, 2.75) is 58.3 Å². The monoisotopic (exact) mass is 264 g/mol. The van der Waals surface area contributed by atoms with Crippen LogP contribution in [-0.4, -0.2) is 23.0 Å². The Morgan fingerprint density at radius 3 is 2.53 bits per heavy atom. The molecule has 1 heterocycles. The summed E-state index contributed by atoms with van der Waals surface area (Å²) in [5.74, 6) is 1.01. The van der Waals surface area contributed by atoms with Crippen LogP contribution in [0, 0.1) is 12.8 Å². The fourth-order valence-corrected chi connectivity index (χ4v) is 3.07. The van der Waals surface area contributed by atoms with Crippen LogP contribution in [0.4, 0.5) is 0 Å². The molecule has 0 aromatic carbocycles. The van der Waals surface area contributed by atoms with E-state index < -0.39 is 0 Å². The number of H-pyrrole nitrogens is 1. The molecule has 1 aliphatic carbocycles. The molecule has 1 fully saturated rings. The van der Waals surface area contributed by atoms with Gasteiger partial charge in [0.25, 0.3) is 0 Å². The van der Waals surface area contributed by atoms with E-state index in [9.17, 15) is 4.79 Å². The van der Waals surface area contributed by atoms with Crippen molar-refractivity contribution in [1.82, 2.24) is 9.97 Å². The summed E-state index contributed by atoms with van der Waals surface area (Å²) in [4.78, 5) is 19.9. The standard InChI is InChI=1S/C15H24N2O2/c1-9(2)12(15(18)19-4)14-16-10(3)13(17-14)11-7-5-6-8-11/h9,11-12H,5-8H2,1-4H3,(H,16,17).